The Morgan fingerprint density at radius 1 is 1.22 bits per heavy atom. The number of hydrogen-bond donors (Lipinski definition) is 1. The predicted molar refractivity (Wildman–Crippen MR) is 100.0 cm³/mol. The van der Waals surface area contributed by atoms with Crippen molar-refractivity contribution >= 4 is 16.8 Å². The minimum Gasteiger partial charge on any atom is -0.374 e. The number of alkyl halides is 3. The number of pyridine rings is 2. The fraction of sp³-hybridized carbons (Fsp3) is 0.200. The molecular weight excluding hydrogens is 353 g/mol. The molecule has 7 heteroatoms. The van der Waals surface area contributed by atoms with Crippen LogP contribution in [0.2, 0.25) is 0 Å². The van der Waals surface area contributed by atoms with Crippen molar-refractivity contribution in [2.45, 2.75) is 26.1 Å². The largest absolute Gasteiger partial charge is 0.408 e. The zero-order valence-corrected chi connectivity index (χ0v) is 15.0. The molecule has 0 bridgehead atoms. The lowest BCUT2D eigenvalue weighted by Crippen LogP contribution is -2.38. The molecule has 1 unspecified atom stereocenters. The van der Waals surface area contributed by atoms with Crippen LogP contribution in [-0.2, 0) is 0 Å². The lowest BCUT2D eigenvalue weighted by Gasteiger charge is -2.19. The smallest absolute Gasteiger partial charge is 0.374 e. The van der Waals surface area contributed by atoms with E-state index >= 15 is 0 Å². The van der Waals surface area contributed by atoms with E-state index in [1.54, 1.807) is 16.9 Å². The highest BCUT2D eigenvalue weighted by Gasteiger charge is 2.36. The van der Waals surface area contributed by atoms with Crippen LogP contribution < -0.4 is 5.32 Å². The maximum Gasteiger partial charge on any atom is 0.408 e. The van der Waals surface area contributed by atoms with Crippen LogP contribution in [0, 0.1) is 6.92 Å². The predicted octanol–water partition coefficient (Wildman–Crippen LogP) is 4.61. The molecular formula is C20H19F3N4. The van der Waals surface area contributed by atoms with Crippen molar-refractivity contribution in [1.29, 1.82) is 0 Å². The Kier molecular flexibility index (Phi) is 4.78. The molecule has 0 saturated heterocycles. The summed E-state index contributed by atoms with van der Waals surface area (Å²) in [6.07, 6.45) is 0.589. The van der Waals surface area contributed by atoms with Crippen molar-refractivity contribution in [1.82, 2.24) is 19.9 Å². The number of halogens is 3. The molecule has 0 saturated carbocycles. The number of fused-ring (bicyclic) bond motifs is 1. The van der Waals surface area contributed by atoms with Gasteiger partial charge in [0.2, 0.25) is 0 Å². The summed E-state index contributed by atoms with van der Waals surface area (Å²) in [5.74, 6) is 0. The standard InChI is InChI=1S/C20H19F3N4/c1-12(17-6-5-8-24-13(17)2)16-7-9-27-19(10-16)18(11-25-27)14(3)26-15(4)20(21,22)23/h5-11,15,26H,1,3H2,2,4H3. The zero-order chi connectivity index (χ0) is 19.8. The molecule has 3 rings (SSSR count). The maximum absolute atomic E-state index is 12.8. The highest BCUT2D eigenvalue weighted by molar-refractivity contribution is 5.83. The van der Waals surface area contributed by atoms with Crippen molar-refractivity contribution < 1.29 is 13.2 Å². The first-order chi connectivity index (χ1) is 12.7. The number of hydrogen-bond acceptors (Lipinski definition) is 3. The summed E-state index contributed by atoms with van der Waals surface area (Å²) in [6.45, 7) is 10.8. The Morgan fingerprint density at radius 3 is 2.63 bits per heavy atom. The van der Waals surface area contributed by atoms with Gasteiger partial charge in [-0.25, -0.2) is 4.52 Å². The van der Waals surface area contributed by atoms with Gasteiger partial charge in [-0.3, -0.25) is 4.98 Å². The van der Waals surface area contributed by atoms with E-state index in [1.807, 2.05) is 31.2 Å². The third-order valence-electron chi connectivity index (χ3n) is 4.41. The van der Waals surface area contributed by atoms with Crippen molar-refractivity contribution in [2.75, 3.05) is 0 Å². The van der Waals surface area contributed by atoms with E-state index in [2.05, 4.69) is 28.6 Å². The van der Waals surface area contributed by atoms with Crippen molar-refractivity contribution in [3.8, 4) is 0 Å². The second-order valence-electron chi connectivity index (χ2n) is 6.30. The van der Waals surface area contributed by atoms with Gasteiger partial charge < -0.3 is 5.32 Å². The highest BCUT2D eigenvalue weighted by Crippen LogP contribution is 2.27. The van der Waals surface area contributed by atoms with Crippen LogP contribution in [0.25, 0.3) is 16.8 Å². The first kappa shape index (κ1) is 18.7. The quantitative estimate of drug-likeness (QED) is 0.711. The molecule has 0 amide bonds. The molecule has 1 N–H and O–H groups in total. The number of nitrogens with zero attached hydrogens (tertiary/aromatic N) is 3. The van der Waals surface area contributed by atoms with Crippen LogP contribution >= 0.6 is 0 Å². The first-order valence-corrected chi connectivity index (χ1v) is 8.29. The zero-order valence-electron chi connectivity index (χ0n) is 15.0. The van der Waals surface area contributed by atoms with Crippen molar-refractivity contribution in [3.63, 3.8) is 0 Å². The topological polar surface area (TPSA) is 42.2 Å². The molecule has 0 spiro atoms. The van der Waals surface area contributed by atoms with Gasteiger partial charge in [0.05, 0.1) is 11.7 Å². The summed E-state index contributed by atoms with van der Waals surface area (Å²) < 4.78 is 40.0. The van der Waals surface area contributed by atoms with Gasteiger partial charge in [-0.1, -0.05) is 19.2 Å². The summed E-state index contributed by atoms with van der Waals surface area (Å²) in [5.41, 5.74) is 4.67. The summed E-state index contributed by atoms with van der Waals surface area (Å²) >= 11 is 0. The van der Waals surface area contributed by atoms with Gasteiger partial charge in [0.15, 0.2) is 0 Å². The van der Waals surface area contributed by atoms with Gasteiger partial charge in [-0.05, 0) is 43.2 Å². The van der Waals surface area contributed by atoms with Crippen LogP contribution in [-0.4, -0.2) is 26.8 Å². The lowest BCUT2D eigenvalue weighted by atomic mass is 9.98. The van der Waals surface area contributed by atoms with E-state index in [0.29, 0.717) is 11.1 Å². The summed E-state index contributed by atoms with van der Waals surface area (Å²) in [7, 11) is 0. The summed E-state index contributed by atoms with van der Waals surface area (Å²) in [4.78, 5) is 4.27. The summed E-state index contributed by atoms with van der Waals surface area (Å²) in [5, 5.41) is 6.59. The van der Waals surface area contributed by atoms with Gasteiger partial charge >= 0.3 is 6.18 Å². The van der Waals surface area contributed by atoms with Crippen molar-refractivity contribution in [2.24, 2.45) is 0 Å². The van der Waals surface area contributed by atoms with Crippen LogP contribution in [0.4, 0.5) is 13.2 Å². The molecule has 1 atom stereocenters. The molecule has 0 aliphatic carbocycles. The molecule has 3 heterocycles. The molecule has 140 valence electrons. The molecule has 27 heavy (non-hydrogen) atoms. The molecule has 0 radical (unpaired) electrons. The van der Waals surface area contributed by atoms with E-state index in [-0.39, 0.29) is 5.70 Å². The Hall–Kier alpha value is -3.09. The van der Waals surface area contributed by atoms with E-state index in [0.717, 1.165) is 29.3 Å². The first-order valence-electron chi connectivity index (χ1n) is 8.29. The Morgan fingerprint density at radius 2 is 1.96 bits per heavy atom. The third-order valence-corrected chi connectivity index (χ3v) is 4.41. The van der Waals surface area contributed by atoms with Crippen LogP contribution in [0.15, 0.2) is 56.0 Å². The SMILES string of the molecule is C=C(c1ccn2ncc(C(=C)NC(C)C(F)(F)F)c2c1)c1cccnc1C. The monoisotopic (exact) mass is 372 g/mol. The molecule has 3 aromatic heterocycles. The second kappa shape index (κ2) is 6.90. The maximum atomic E-state index is 12.8. The number of rotatable bonds is 5. The minimum absolute atomic E-state index is 0.162. The highest BCUT2D eigenvalue weighted by atomic mass is 19.4. The average molecular weight is 372 g/mol. The van der Waals surface area contributed by atoms with E-state index in [4.69, 9.17) is 0 Å². The number of aryl methyl sites for hydroxylation is 1. The molecule has 3 aromatic rings. The number of nitrogens with one attached hydrogen (secondary N) is 1. The van der Waals surface area contributed by atoms with Crippen LogP contribution in [0.1, 0.15) is 29.3 Å². The normalized spacial score (nSPS) is 12.8. The fourth-order valence-electron chi connectivity index (χ4n) is 2.78. The second-order valence-corrected chi connectivity index (χ2v) is 6.30. The molecule has 0 aliphatic rings. The fourth-order valence-corrected chi connectivity index (χ4v) is 2.78. The van der Waals surface area contributed by atoms with E-state index in [9.17, 15) is 13.2 Å². The minimum atomic E-state index is -4.36. The Bertz CT molecular complexity index is 1020. The van der Waals surface area contributed by atoms with Gasteiger partial charge in [0.1, 0.15) is 6.04 Å². The van der Waals surface area contributed by atoms with Gasteiger partial charge in [-0.2, -0.15) is 18.3 Å². The average Bonchev–Trinajstić information content (AvgIpc) is 3.04. The molecule has 4 nitrogen and oxygen atoms in total. The van der Waals surface area contributed by atoms with Crippen LogP contribution in [0.3, 0.4) is 0 Å². The van der Waals surface area contributed by atoms with Gasteiger partial charge in [0, 0.05) is 34.9 Å². The third kappa shape index (κ3) is 3.72. The molecule has 0 fully saturated rings. The number of aromatic nitrogens is 3. The Labute approximate surface area is 155 Å². The van der Waals surface area contributed by atoms with E-state index in [1.165, 1.54) is 6.20 Å². The van der Waals surface area contributed by atoms with E-state index < -0.39 is 12.2 Å². The molecule has 0 aromatic carbocycles. The van der Waals surface area contributed by atoms with Crippen LogP contribution in [0.5, 0.6) is 0 Å². The van der Waals surface area contributed by atoms with Gasteiger partial charge in [0.25, 0.3) is 0 Å². The van der Waals surface area contributed by atoms with Gasteiger partial charge in [-0.15, -0.1) is 0 Å². The lowest BCUT2D eigenvalue weighted by molar-refractivity contribution is -0.148. The Balaban J connectivity index is 1.96. The summed E-state index contributed by atoms with van der Waals surface area (Å²) in [6, 6.07) is 5.74. The van der Waals surface area contributed by atoms with Crippen molar-refractivity contribution in [3.05, 3.63) is 78.4 Å². The molecule has 0 aliphatic heterocycles.